The molecule has 1 aliphatic rings. The third-order valence-corrected chi connectivity index (χ3v) is 4.64. The van der Waals surface area contributed by atoms with Gasteiger partial charge in [0.05, 0.1) is 6.61 Å². The zero-order valence-electron chi connectivity index (χ0n) is 14.2. The standard InChI is InChI=1S/C17H23N3O3S/c1-4-18-17-20(5-2)16(22)14(24-17)11-15(21)19-12-8-7-9-13(10-12)23-6-3/h7-10,14H,4-6,11H2,1-3H3,(H,19,21). The van der Waals surface area contributed by atoms with E-state index < -0.39 is 5.25 Å². The summed E-state index contributed by atoms with van der Waals surface area (Å²) >= 11 is 1.37. The van der Waals surface area contributed by atoms with Crippen LogP contribution in [0, 0.1) is 0 Å². The number of amides is 2. The number of thioether (sulfide) groups is 1. The highest BCUT2D eigenvalue weighted by molar-refractivity contribution is 8.15. The molecule has 2 amide bonds. The molecule has 0 radical (unpaired) electrons. The van der Waals surface area contributed by atoms with Crippen molar-refractivity contribution < 1.29 is 14.3 Å². The number of amidine groups is 1. The van der Waals surface area contributed by atoms with Crippen molar-refractivity contribution in [2.45, 2.75) is 32.4 Å². The fourth-order valence-corrected chi connectivity index (χ4v) is 3.67. The minimum Gasteiger partial charge on any atom is -0.494 e. The van der Waals surface area contributed by atoms with E-state index in [9.17, 15) is 9.59 Å². The number of carbonyl (C=O) groups is 2. The van der Waals surface area contributed by atoms with Crippen LogP contribution in [-0.4, -0.2) is 46.8 Å². The highest BCUT2D eigenvalue weighted by Crippen LogP contribution is 2.29. The maximum atomic E-state index is 12.4. The lowest BCUT2D eigenvalue weighted by Gasteiger charge is -2.13. The van der Waals surface area contributed by atoms with Gasteiger partial charge in [0, 0.05) is 31.3 Å². The fourth-order valence-electron chi connectivity index (χ4n) is 2.40. The number of hydrogen-bond acceptors (Lipinski definition) is 5. The van der Waals surface area contributed by atoms with Crippen molar-refractivity contribution in [1.29, 1.82) is 0 Å². The molecule has 7 heteroatoms. The molecule has 1 atom stereocenters. The molecule has 1 N–H and O–H groups in total. The van der Waals surface area contributed by atoms with Crippen LogP contribution in [0.25, 0.3) is 0 Å². The molecule has 130 valence electrons. The number of benzene rings is 1. The molecule has 1 saturated heterocycles. The second-order valence-corrected chi connectivity index (χ2v) is 6.33. The number of carbonyl (C=O) groups excluding carboxylic acids is 2. The first-order chi connectivity index (χ1) is 11.6. The molecular weight excluding hydrogens is 326 g/mol. The van der Waals surface area contributed by atoms with Crippen LogP contribution in [-0.2, 0) is 9.59 Å². The van der Waals surface area contributed by atoms with E-state index in [4.69, 9.17) is 4.74 Å². The Morgan fingerprint density at radius 2 is 2.17 bits per heavy atom. The lowest BCUT2D eigenvalue weighted by Crippen LogP contribution is -2.33. The van der Waals surface area contributed by atoms with Crippen molar-refractivity contribution in [2.75, 3.05) is 25.0 Å². The van der Waals surface area contributed by atoms with E-state index in [1.807, 2.05) is 32.9 Å². The Balaban J connectivity index is 1.98. The molecule has 1 heterocycles. The smallest absolute Gasteiger partial charge is 0.242 e. The van der Waals surface area contributed by atoms with Gasteiger partial charge in [-0.25, -0.2) is 0 Å². The van der Waals surface area contributed by atoms with E-state index in [0.29, 0.717) is 36.3 Å². The summed E-state index contributed by atoms with van der Waals surface area (Å²) in [6.07, 6.45) is 0.127. The molecule has 1 fully saturated rings. The van der Waals surface area contributed by atoms with Gasteiger partial charge in [-0.3, -0.25) is 19.5 Å². The number of nitrogens with zero attached hydrogens (tertiary/aromatic N) is 2. The van der Waals surface area contributed by atoms with Gasteiger partial charge in [-0.2, -0.15) is 0 Å². The van der Waals surface area contributed by atoms with E-state index >= 15 is 0 Å². The van der Waals surface area contributed by atoms with Crippen LogP contribution in [0.3, 0.4) is 0 Å². The Bertz CT molecular complexity index is 633. The van der Waals surface area contributed by atoms with Gasteiger partial charge in [0.25, 0.3) is 0 Å². The van der Waals surface area contributed by atoms with Gasteiger partial charge in [0.1, 0.15) is 11.0 Å². The number of ether oxygens (including phenoxy) is 1. The Labute approximate surface area is 146 Å². The topological polar surface area (TPSA) is 71.0 Å². The Morgan fingerprint density at radius 3 is 2.83 bits per heavy atom. The van der Waals surface area contributed by atoms with Crippen LogP contribution in [0.5, 0.6) is 5.75 Å². The molecule has 0 bridgehead atoms. The Hall–Kier alpha value is -2.02. The zero-order chi connectivity index (χ0) is 17.5. The second kappa shape index (κ2) is 8.73. The number of nitrogens with one attached hydrogen (secondary N) is 1. The maximum absolute atomic E-state index is 12.4. The third kappa shape index (κ3) is 4.50. The lowest BCUT2D eigenvalue weighted by molar-refractivity contribution is -0.128. The van der Waals surface area contributed by atoms with Crippen molar-refractivity contribution in [3.05, 3.63) is 24.3 Å². The summed E-state index contributed by atoms with van der Waals surface area (Å²) in [7, 11) is 0. The highest BCUT2D eigenvalue weighted by atomic mass is 32.2. The maximum Gasteiger partial charge on any atom is 0.242 e. The SMILES string of the molecule is CCN=C1SC(CC(=O)Nc2cccc(OCC)c2)C(=O)N1CC. The molecule has 0 spiro atoms. The quantitative estimate of drug-likeness (QED) is 0.822. The summed E-state index contributed by atoms with van der Waals surface area (Å²) in [6.45, 7) is 7.50. The van der Waals surface area contributed by atoms with Gasteiger partial charge in [-0.1, -0.05) is 17.8 Å². The van der Waals surface area contributed by atoms with Crippen molar-refractivity contribution in [2.24, 2.45) is 4.99 Å². The molecule has 0 saturated carbocycles. The monoisotopic (exact) mass is 349 g/mol. The zero-order valence-corrected chi connectivity index (χ0v) is 15.1. The first-order valence-corrected chi connectivity index (χ1v) is 9.02. The molecule has 2 rings (SSSR count). The minimum absolute atomic E-state index is 0.0482. The Kier molecular flexibility index (Phi) is 6.66. The molecule has 24 heavy (non-hydrogen) atoms. The predicted molar refractivity (Wildman–Crippen MR) is 97.6 cm³/mol. The highest BCUT2D eigenvalue weighted by Gasteiger charge is 2.37. The number of anilines is 1. The largest absolute Gasteiger partial charge is 0.494 e. The van der Waals surface area contributed by atoms with Crippen molar-refractivity contribution >= 4 is 34.4 Å². The van der Waals surface area contributed by atoms with Gasteiger partial charge in [0.2, 0.25) is 11.8 Å². The van der Waals surface area contributed by atoms with Crippen molar-refractivity contribution in [3.63, 3.8) is 0 Å². The predicted octanol–water partition coefficient (Wildman–Crippen LogP) is 2.75. The van der Waals surface area contributed by atoms with Crippen LogP contribution in [0.4, 0.5) is 5.69 Å². The third-order valence-electron chi connectivity index (χ3n) is 3.43. The van der Waals surface area contributed by atoms with E-state index in [1.165, 1.54) is 11.8 Å². The van der Waals surface area contributed by atoms with Gasteiger partial charge >= 0.3 is 0 Å². The van der Waals surface area contributed by atoms with Crippen molar-refractivity contribution in [1.82, 2.24) is 4.90 Å². The summed E-state index contributed by atoms with van der Waals surface area (Å²) in [6, 6.07) is 7.22. The van der Waals surface area contributed by atoms with E-state index in [-0.39, 0.29) is 18.2 Å². The molecule has 1 aromatic carbocycles. The fraction of sp³-hybridized carbons (Fsp3) is 0.471. The van der Waals surface area contributed by atoms with E-state index in [2.05, 4.69) is 10.3 Å². The number of rotatable bonds is 7. The van der Waals surface area contributed by atoms with E-state index in [0.717, 1.165) is 0 Å². The van der Waals surface area contributed by atoms with Gasteiger partial charge in [-0.05, 0) is 32.9 Å². The molecule has 0 aliphatic carbocycles. The molecular formula is C17H23N3O3S. The van der Waals surface area contributed by atoms with Crippen LogP contribution in [0.2, 0.25) is 0 Å². The summed E-state index contributed by atoms with van der Waals surface area (Å²) in [5.41, 5.74) is 0.663. The summed E-state index contributed by atoms with van der Waals surface area (Å²) in [5, 5.41) is 3.12. The first kappa shape index (κ1) is 18.3. The van der Waals surface area contributed by atoms with Gasteiger partial charge < -0.3 is 10.1 Å². The van der Waals surface area contributed by atoms with Gasteiger partial charge in [0.15, 0.2) is 5.17 Å². The average molecular weight is 349 g/mol. The lowest BCUT2D eigenvalue weighted by atomic mass is 10.2. The summed E-state index contributed by atoms with van der Waals surface area (Å²) in [5.74, 6) is 0.465. The Morgan fingerprint density at radius 1 is 1.38 bits per heavy atom. The average Bonchev–Trinajstić information content (AvgIpc) is 2.83. The first-order valence-electron chi connectivity index (χ1n) is 8.14. The molecule has 1 aliphatic heterocycles. The normalized spacial score (nSPS) is 19.0. The molecule has 0 aromatic heterocycles. The summed E-state index contributed by atoms with van der Waals surface area (Å²) < 4.78 is 5.42. The molecule has 1 unspecified atom stereocenters. The number of aliphatic imine (C=N–C) groups is 1. The van der Waals surface area contributed by atoms with Gasteiger partial charge in [-0.15, -0.1) is 0 Å². The van der Waals surface area contributed by atoms with Crippen LogP contribution >= 0.6 is 11.8 Å². The second-order valence-electron chi connectivity index (χ2n) is 5.16. The number of hydrogen-bond donors (Lipinski definition) is 1. The minimum atomic E-state index is -0.412. The van der Waals surface area contributed by atoms with Crippen molar-refractivity contribution in [3.8, 4) is 5.75 Å². The van der Waals surface area contributed by atoms with Crippen LogP contribution in [0.1, 0.15) is 27.2 Å². The molecule has 6 nitrogen and oxygen atoms in total. The van der Waals surface area contributed by atoms with E-state index in [1.54, 1.807) is 17.0 Å². The molecule has 1 aromatic rings. The summed E-state index contributed by atoms with van der Waals surface area (Å²) in [4.78, 5) is 30.6. The van der Waals surface area contributed by atoms with Crippen LogP contribution < -0.4 is 10.1 Å². The van der Waals surface area contributed by atoms with Crippen LogP contribution in [0.15, 0.2) is 29.3 Å².